The number of Topliss-reactive ketones (excluding diaryl/α,β-unsaturated/α-hetero) is 1. The maximum absolute atomic E-state index is 11.8. The minimum Gasteiger partial charge on any atom is -0.293 e. The molecule has 2 heteroatoms. The van der Waals surface area contributed by atoms with Gasteiger partial charge in [-0.25, -0.2) is 0 Å². The fraction of sp³-hybridized carbons (Fsp3) is 0.154. The molecule has 1 aliphatic carbocycles. The van der Waals surface area contributed by atoms with Gasteiger partial charge in [0, 0.05) is 5.56 Å². The van der Waals surface area contributed by atoms with Crippen LogP contribution in [0.15, 0.2) is 36.4 Å². The summed E-state index contributed by atoms with van der Waals surface area (Å²) in [6.45, 7) is 0. The SMILES string of the molecule is O=C1c2cc3ccccc3cc2CC1Br. The standard InChI is InChI=1S/C13H9BrO/c14-12-7-10-5-8-3-1-2-4-9(8)6-11(10)13(12)15/h1-6,12H,7H2. The third-order valence-corrected chi connectivity index (χ3v) is 3.66. The van der Waals surface area contributed by atoms with Crippen LogP contribution in [0.2, 0.25) is 0 Å². The lowest BCUT2D eigenvalue weighted by atomic mass is 10.0. The van der Waals surface area contributed by atoms with Gasteiger partial charge in [0.1, 0.15) is 0 Å². The Morgan fingerprint density at radius 1 is 1.13 bits per heavy atom. The number of rotatable bonds is 0. The van der Waals surface area contributed by atoms with E-state index in [0.717, 1.165) is 17.4 Å². The summed E-state index contributed by atoms with van der Waals surface area (Å²) in [5, 5.41) is 2.36. The van der Waals surface area contributed by atoms with Crippen molar-refractivity contribution in [2.24, 2.45) is 0 Å². The van der Waals surface area contributed by atoms with Crippen LogP contribution in [-0.2, 0) is 6.42 Å². The van der Waals surface area contributed by atoms with Gasteiger partial charge in [-0.3, -0.25) is 4.79 Å². The number of halogens is 1. The van der Waals surface area contributed by atoms with E-state index in [4.69, 9.17) is 0 Å². The molecule has 1 atom stereocenters. The maximum atomic E-state index is 11.8. The molecule has 74 valence electrons. The van der Waals surface area contributed by atoms with Gasteiger partial charge in [0.25, 0.3) is 0 Å². The first-order valence-electron chi connectivity index (χ1n) is 4.95. The molecule has 0 bridgehead atoms. The Labute approximate surface area is 96.2 Å². The molecule has 1 unspecified atom stereocenters. The molecule has 1 nitrogen and oxygen atoms in total. The van der Waals surface area contributed by atoms with E-state index in [1.165, 1.54) is 10.9 Å². The minimum atomic E-state index is -0.0238. The summed E-state index contributed by atoms with van der Waals surface area (Å²) >= 11 is 3.41. The first-order valence-corrected chi connectivity index (χ1v) is 5.87. The van der Waals surface area contributed by atoms with Gasteiger partial charge in [0.2, 0.25) is 0 Å². The van der Waals surface area contributed by atoms with Gasteiger partial charge in [-0.1, -0.05) is 46.3 Å². The highest BCUT2D eigenvalue weighted by atomic mass is 79.9. The highest BCUT2D eigenvalue weighted by Gasteiger charge is 2.28. The Kier molecular flexibility index (Phi) is 1.93. The molecule has 0 N–H and O–H groups in total. The Bertz CT molecular complexity index is 559. The Morgan fingerprint density at radius 2 is 1.80 bits per heavy atom. The minimum absolute atomic E-state index is 0.0238. The second-order valence-electron chi connectivity index (χ2n) is 3.89. The van der Waals surface area contributed by atoms with Crippen molar-refractivity contribution in [3.8, 4) is 0 Å². The zero-order valence-corrected chi connectivity index (χ0v) is 9.62. The lowest BCUT2D eigenvalue weighted by Crippen LogP contribution is -2.05. The molecule has 2 aromatic rings. The molecule has 0 fully saturated rings. The predicted molar refractivity (Wildman–Crippen MR) is 64.7 cm³/mol. The molecule has 0 saturated heterocycles. The third kappa shape index (κ3) is 1.32. The van der Waals surface area contributed by atoms with Crippen LogP contribution in [-0.4, -0.2) is 10.6 Å². The van der Waals surface area contributed by atoms with Crippen LogP contribution in [0.5, 0.6) is 0 Å². The number of benzene rings is 2. The van der Waals surface area contributed by atoms with E-state index >= 15 is 0 Å². The van der Waals surface area contributed by atoms with Gasteiger partial charge in [-0.05, 0) is 28.8 Å². The summed E-state index contributed by atoms with van der Waals surface area (Å²) in [6, 6.07) is 12.3. The Balaban J connectivity index is 2.32. The first kappa shape index (κ1) is 9.10. The zero-order valence-electron chi connectivity index (χ0n) is 8.03. The molecule has 0 aliphatic heterocycles. The van der Waals surface area contributed by atoms with Crippen LogP contribution < -0.4 is 0 Å². The molecule has 0 heterocycles. The topological polar surface area (TPSA) is 17.1 Å². The third-order valence-electron chi connectivity index (χ3n) is 2.92. The van der Waals surface area contributed by atoms with Gasteiger partial charge < -0.3 is 0 Å². The summed E-state index contributed by atoms with van der Waals surface area (Å²) in [7, 11) is 0. The van der Waals surface area contributed by atoms with Gasteiger partial charge >= 0.3 is 0 Å². The van der Waals surface area contributed by atoms with Crippen molar-refractivity contribution in [3.63, 3.8) is 0 Å². The summed E-state index contributed by atoms with van der Waals surface area (Å²) in [4.78, 5) is 11.8. The fourth-order valence-corrected chi connectivity index (χ4v) is 2.74. The Morgan fingerprint density at radius 3 is 2.53 bits per heavy atom. The van der Waals surface area contributed by atoms with Crippen LogP contribution in [0.3, 0.4) is 0 Å². The second kappa shape index (κ2) is 3.17. The van der Waals surface area contributed by atoms with E-state index in [2.05, 4.69) is 28.1 Å². The molecular weight excluding hydrogens is 252 g/mol. The highest BCUT2D eigenvalue weighted by Crippen LogP contribution is 2.30. The molecule has 0 amide bonds. The zero-order chi connectivity index (χ0) is 10.4. The van der Waals surface area contributed by atoms with E-state index in [0.29, 0.717) is 0 Å². The van der Waals surface area contributed by atoms with Gasteiger partial charge in [0.05, 0.1) is 4.83 Å². The van der Waals surface area contributed by atoms with Gasteiger partial charge in [-0.15, -0.1) is 0 Å². The number of carbonyl (C=O) groups is 1. The summed E-state index contributed by atoms with van der Waals surface area (Å²) < 4.78 is 0. The van der Waals surface area contributed by atoms with Crippen molar-refractivity contribution < 1.29 is 4.79 Å². The second-order valence-corrected chi connectivity index (χ2v) is 5.00. The lowest BCUT2D eigenvalue weighted by Gasteiger charge is -2.01. The van der Waals surface area contributed by atoms with Crippen LogP contribution in [0.1, 0.15) is 15.9 Å². The highest BCUT2D eigenvalue weighted by molar-refractivity contribution is 9.10. The molecule has 0 saturated carbocycles. The maximum Gasteiger partial charge on any atom is 0.177 e. The quantitative estimate of drug-likeness (QED) is 0.665. The van der Waals surface area contributed by atoms with Gasteiger partial charge in [-0.2, -0.15) is 0 Å². The number of alkyl halides is 1. The van der Waals surface area contributed by atoms with Crippen LogP contribution in [0.25, 0.3) is 10.8 Å². The van der Waals surface area contributed by atoms with Crippen molar-refractivity contribution in [2.75, 3.05) is 0 Å². The number of hydrogen-bond donors (Lipinski definition) is 0. The molecule has 2 aromatic carbocycles. The van der Waals surface area contributed by atoms with E-state index < -0.39 is 0 Å². The smallest absolute Gasteiger partial charge is 0.177 e. The van der Waals surface area contributed by atoms with E-state index in [1.54, 1.807) is 0 Å². The monoisotopic (exact) mass is 260 g/mol. The van der Waals surface area contributed by atoms with Crippen molar-refractivity contribution in [1.29, 1.82) is 0 Å². The van der Waals surface area contributed by atoms with Crippen molar-refractivity contribution in [3.05, 3.63) is 47.5 Å². The van der Waals surface area contributed by atoms with Crippen molar-refractivity contribution >= 4 is 32.5 Å². The van der Waals surface area contributed by atoms with Gasteiger partial charge in [0.15, 0.2) is 5.78 Å². The lowest BCUT2D eigenvalue weighted by molar-refractivity contribution is 0.100. The molecule has 1 aliphatic rings. The van der Waals surface area contributed by atoms with Crippen LogP contribution in [0.4, 0.5) is 0 Å². The molecular formula is C13H9BrO. The average molecular weight is 261 g/mol. The number of carbonyl (C=O) groups excluding carboxylic acids is 1. The average Bonchev–Trinajstić information content (AvgIpc) is 2.52. The van der Waals surface area contributed by atoms with Crippen molar-refractivity contribution in [1.82, 2.24) is 0 Å². The van der Waals surface area contributed by atoms with E-state index in [1.807, 2.05) is 24.3 Å². The predicted octanol–water partition coefficient (Wildman–Crippen LogP) is 3.34. The molecule has 0 radical (unpaired) electrons. The normalized spacial score (nSPS) is 19.5. The van der Waals surface area contributed by atoms with E-state index in [9.17, 15) is 4.79 Å². The van der Waals surface area contributed by atoms with Crippen molar-refractivity contribution in [2.45, 2.75) is 11.2 Å². The summed E-state index contributed by atoms with van der Waals surface area (Å²) in [5.74, 6) is 0.218. The van der Waals surface area contributed by atoms with Crippen LogP contribution >= 0.6 is 15.9 Å². The summed E-state index contributed by atoms with van der Waals surface area (Å²) in [6.07, 6.45) is 0.818. The molecule has 0 aromatic heterocycles. The molecule has 0 spiro atoms. The van der Waals surface area contributed by atoms with E-state index in [-0.39, 0.29) is 10.6 Å². The number of ketones is 1. The summed E-state index contributed by atoms with van der Waals surface area (Å²) in [5.41, 5.74) is 2.05. The number of hydrogen-bond acceptors (Lipinski definition) is 1. The Hall–Kier alpha value is -1.15. The molecule has 15 heavy (non-hydrogen) atoms. The van der Waals surface area contributed by atoms with Crippen LogP contribution in [0, 0.1) is 0 Å². The fourth-order valence-electron chi connectivity index (χ4n) is 2.14. The molecule has 3 rings (SSSR count). The first-order chi connectivity index (χ1) is 7.25. The largest absolute Gasteiger partial charge is 0.293 e. The number of fused-ring (bicyclic) bond motifs is 2.